The first kappa shape index (κ1) is 22.7. The number of carbonyl (C=O) groups excluding carboxylic acids is 2. The number of hydrogen-bond acceptors (Lipinski definition) is 5. The van der Waals surface area contributed by atoms with E-state index in [1.54, 1.807) is 24.3 Å². The number of Topliss-reactive ketones (excluding diaryl/α,β-unsaturated/α-hetero) is 1. The van der Waals surface area contributed by atoms with E-state index in [1.165, 1.54) is 17.3 Å². The summed E-state index contributed by atoms with van der Waals surface area (Å²) in [5.74, 6) is 0.894. The molecule has 1 atom stereocenters. The third kappa shape index (κ3) is 6.04. The van der Waals surface area contributed by atoms with Crippen LogP contribution in [0.15, 0.2) is 59.8 Å². The van der Waals surface area contributed by atoms with Gasteiger partial charge in [0.25, 0.3) is 0 Å². The summed E-state index contributed by atoms with van der Waals surface area (Å²) in [5, 5.41) is 12.0. The van der Waals surface area contributed by atoms with Crippen molar-refractivity contribution in [1.29, 1.82) is 0 Å². The molecule has 31 heavy (non-hydrogen) atoms. The average molecular weight is 437 g/mol. The lowest BCUT2D eigenvalue weighted by molar-refractivity contribution is -0.116. The Morgan fingerprint density at radius 1 is 1.03 bits per heavy atom. The molecule has 3 aromatic rings. The van der Waals surface area contributed by atoms with Crippen molar-refractivity contribution >= 4 is 29.1 Å². The zero-order valence-electron chi connectivity index (χ0n) is 18.2. The quantitative estimate of drug-likeness (QED) is 0.358. The molecule has 1 unspecified atom stereocenters. The Hall–Kier alpha value is -2.93. The van der Waals surface area contributed by atoms with Crippen LogP contribution in [0.5, 0.6) is 0 Å². The van der Waals surface area contributed by atoms with Crippen molar-refractivity contribution in [3.63, 3.8) is 0 Å². The van der Waals surface area contributed by atoms with E-state index in [0.717, 1.165) is 23.9 Å². The minimum Gasteiger partial charge on any atom is -0.326 e. The minimum absolute atomic E-state index is 0.0179. The van der Waals surface area contributed by atoms with Gasteiger partial charge in [0.2, 0.25) is 5.91 Å². The lowest BCUT2D eigenvalue weighted by Gasteiger charge is -2.12. The molecule has 1 aromatic heterocycles. The van der Waals surface area contributed by atoms with Gasteiger partial charge in [-0.2, -0.15) is 0 Å². The Morgan fingerprint density at radius 2 is 1.74 bits per heavy atom. The van der Waals surface area contributed by atoms with Crippen LogP contribution < -0.4 is 5.32 Å². The fourth-order valence-electron chi connectivity index (χ4n) is 3.25. The van der Waals surface area contributed by atoms with Crippen molar-refractivity contribution in [2.45, 2.75) is 57.0 Å². The highest BCUT2D eigenvalue weighted by Crippen LogP contribution is 2.26. The zero-order chi connectivity index (χ0) is 22.2. The molecule has 162 valence electrons. The standard InChI is InChI=1S/C24H28N4O2S/c1-4-9-22(29)25-20-14-12-19(13-15-20)23(30)17(3)31-24-27-26-21(28(24)5-2)16-18-10-7-6-8-11-18/h6-8,10-15,17H,4-5,9,16H2,1-3H3,(H,25,29). The second kappa shape index (κ2) is 10.9. The van der Waals surface area contributed by atoms with Crippen molar-refractivity contribution in [3.8, 4) is 0 Å². The Kier molecular flexibility index (Phi) is 8.00. The number of thioether (sulfide) groups is 1. The summed E-state index contributed by atoms with van der Waals surface area (Å²) < 4.78 is 2.06. The summed E-state index contributed by atoms with van der Waals surface area (Å²) in [7, 11) is 0. The molecule has 0 fully saturated rings. The Labute approximate surface area is 187 Å². The van der Waals surface area contributed by atoms with Crippen LogP contribution in [0.3, 0.4) is 0 Å². The summed E-state index contributed by atoms with van der Waals surface area (Å²) >= 11 is 1.42. The van der Waals surface area contributed by atoms with Gasteiger partial charge in [-0.05, 0) is 50.1 Å². The molecule has 3 rings (SSSR count). The third-order valence-electron chi connectivity index (χ3n) is 4.90. The Balaban J connectivity index is 1.66. The topological polar surface area (TPSA) is 76.9 Å². The van der Waals surface area contributed by atoms with Crippen LogP contribution in [-0.4, -0.2) is 31.7 Å². The molecular weight excluding hydrogens is 408 g/mol. The molecule has 0 aliphatic heterocycles. The summed E-state index contributed by atoms with van der Waals surface area (Å²) in [6.07, 6.45) is 1.99. The summed E-state index contributed by atoms with van der Waals surface area (Å²) in [6, 6.07) is 17.2. The monoisotopic (exact) mass is 436 g/mol. The second-order valence-corrected chi connectivity index (χ2v) is 8.61. The SMILES string of the molecule is CCCC(=O)Nc1ccc(C(=O)C(C)Sc2nnc(Cc3ccccc3)n2CC)cc1. The van der Waals surface area contributed by atoms with Gasteiger partial charge in [0.05, 0.1) is 5.25 Å². The van der Waals surface area contributed by atoms with Crippen LogP contribution in [0.1, 0.15) is 55.4 Å². The van der Waals surface area contributed by atoms with Gasteiger partial charge in [-0.25, -0.2) is 0 Å². The number of nitrogens with zero attached hydrogens (tertiary/aromatic N) is 3. The molecule has 0 bridgehead atoms. The fourth-order valence-corrected chi connectivity index (χ4v) is 4.26. The van der Waals surface area contributed by atoms with Crippen molar-refractivity contribution in [1.82, 2.24) is 14.8 Å². The van der Waals surface area contributed by atoms with Crippen molar-refractivity contribution < 1.29 is 9.59 Å². The number of rotatable bonds is 10. The first-order valence-electron chi connectivity index (χ1n) is 10.6. The number of hydrogen-bond donors (Lipinski definition) is 1. The van der Waals surface area contributed by atoms with Crippen LogP contribution in [-0.2, 0) is 17.8 Å². The van der Waals surface area contributed by atoms with E-state index in [2.05, 4.69) is 39.1 Å². The third-order valence-corrected chi connectivity index (χ3v) is 5.98. The Morgan fingerprint density at radius 3 is 2.39 bits per heavy atom. The molecule has 0 spiro atoms. The maximum Gasteiger partial charge on any atom is 0.224 e. The van der Waals surface area contributed by atoms with E-state index in [0.29, 0.717) is 24.1 Å². The number of amides is 1. The van der Waals surface area contributed by atoms with E-state index in [9.17, 15) is 9.59 Å². The van der Waals surface area contributed by atoms with E-state index >= 15 is 0 Å². The second-order valence-electron chi connectivity index (χ2n) is 7.31. The van der Waals surface area contributed by atoms with Gasteiger partial charge < -0.3 is 9.88 Å². The summed E-state index contributed by atoms with van der Waals surface area (Å²) in [4.78, 5) is 24.6. The van der Waals surface area contributed by atoms with Gasteiger partial charge in [-0.15, -0.1) is 10.2 Å². The number of carbonyl (C=O) groups is 2. The predicted molar refractivity (Wildman–Crippen MR) is 125 cm³/mol. The van der Waals surface area contributed by atoms with Crippen LogP contribution in [0, 0.1) is 0 Å². The number of benzene rings is 2. The van der Waals surface area contributed by atoms with E-state index in [-0.39, 0.29) is 16.9 Å². The van der Waals surface area contributed by atoms with Crippen LogP contribution in [0.2, 0.25) is 0 Å². The van der Waals surface area contributed by atoms with E-state index in [1.807, 2.05) is 32.0 Å². The molecule has 1 amide bonds. The van der Waals surface area contributed by atoms with Crippen LogP contribution >= 0.6 is 11.8 Å². The maximum absolute atomic E-state index is 12.9. The molecular formula is C24H28N4O2S. The molecule has 1 heterocycles. The first-order chi connectivity index (χ1) is 15.0. The highest BCUT2D eigenvalue weighted by atomic mass is 32.2. The Bertz CT molecular complexity index is 1020. The molecule has 6 nitrogen and oxygen atoms in total. The van der Waals surface area contributed by atoms with Gasteiger partial charge in [-0.3, -0.25) is 9.59 Å². The van der Waals surface area contributed by atoms with E-state index in [4.69, 9.17) is 0 Å². The largest absolute Gasteiger partial charge is 0.326 e. The van der Waals surface area contributed by atoms with Crippen molar-refractivity contribution in [2.24, 2.45) is 0 Å². The van der Waals surface area contributed by atoms with Gasteiger partial charge in [0, 0.05) is 30.6 Å². The first-order valence-corrected chi connectivity index (χ1v) is 11.5. The number of anilines is 1. The lowest BCUT2D eigenvalue weighted by atomic mass is 10.1. The minimum atomic E-state index is -0.306. The van der Waals surface area contributed by atoms with Crippen molar-refractivity contribution in [2.75, 3.05) is 5.32 Å². The highest BCUT2D eigenvalue weighted by molar-refractivity contribution is 8.00. The highest BCUT2D eigenvalue weighted by Gasteiger charge is 2.21. The zero-order valence-corrected chi connectivity index (χ0v) is 19.0. The molecule has 1 N–H and O–H groups in total. The predicted octanol–water partition coefficient (Wildman–Crippen LogP) is 4.99. The maximum atomic E-state index is 12.9. The van der Waals surface area contributed by atoms with Crippen LogP contribution in [0.25, 0.3) is 0 Å². The van der Waals surface area contributed by atoms with Gasteiger partial charge in [0.1, 0.15) is 5.82 Å². The normalized spacial score (nSPS) is 11.8. The molecule has 0 radical (unpaired) electrons. The smallest absolute Gasteiger partial charge is 0.224 e. The fraction of sp³-hybridized carbons (Fsp3) is 0.333. The molecule has 2 aromatic carbocycles. The van der Waals surface area contributed by atoms with Gasteiger partial charge in [0.15, 0.2) is 10.9 Å². The number of aromatic nitrogens is 3. The number of nitrogens with one attached hydrogen (secondary N) is 1. The average Bonchev–Trinajstić information content (AvgIpc) is 3.15. The molecule has 0 aliphatic carbocycles. The van der Waals surface area contributed by atoms with Crippen LogP contribution in [0.4, 0.5) is 5.69 Å². The van der Waals surface area contributed by atoms with E-state index < -0.39 is 0 Å². The van der Waals surface area contributed by atoms with Gasteiger partial charge in [-0.1, -0.05) is 49.0 Å². The summed E-state index contributed by atoms with van der Waals surface area (Å²) in [6.45, 7) is 6.64. The molecule has 7 heteroatoms. The molecule has 0 saturated carbocycles. The summed E-state index contributed by atoms with van der Waals surface area (Å²) in [5.41, 5.74) is 2.49. The lowest BCUT2D eigenvalue weighted by Crippen LogP contribution is -2.15. The van der Waals surface area contributed by atoms with Crippen molar-refractivity contribution in [3.05, 3.63) is 71.5 Å². The number of ketones is 1. The molecule has 0 aliphatic rings. The molecule has 0 saturated heterocycles. The van der Waals surface area contributed by atoms with Gasteiger partial charge >= 0.3 is 0 Å².